The van der Waals surface area contributed by atoms with Gasteiger partial charge < -0.3 is 19.7 Å². The summed E-state index contributed by atoms with van der Waals surface area (Å²) in [5, 5.41) is 2.79. The third-order valence-electron chi connectivity index (χ3n) is 5.12. The molecule has 30 heavy (non-hydrogen) atoms. The molecular weight excluding hydrogens is 380 g/mol. The molecule has 1 N–H and O–H groups in total. The molecule has 0 bridgehead atoms. The minimum absolute atomic E-state index is 0.141. The van der Waals surface area contributed by atoms with Crippen LogP contribution in [0.15, 0.2) is 36.4 Å². The number of benzene rings is 2. The van der Waals surface area contributed by atoms with Crippen LogP contribution in [0, 0.1) is 20.8 Å². The smallest absolute Gasteiger partial charge is 0.261 e. The highest BCUT2D eigenvalue weighted by Crippen LogP contribution is 2.23. The van der Waals surface area contributed by atoms with Crippen molar-refractivity contribution in [2.75, 3.05) is 20.3 Å². The molecule has 0 spiro atoms. The molecule has 2 rings (SSSR count). The summed E-state index contributed by atoms with van der Waals surface area (Å²) in [5.41, 5.74) is 4.07. The van der Waals surface area contributed by atoms with Gasteiger partial charge in [-0.2, -0.15) is 0 Å². The number of rotatable bonds is 9. The first-order valence-corrected chi connectivity index (χ1v) is 10.2. The second kappa shape index (κ2) is 10.7. The van der Waals surface area contributed by atoms with E-state index in [0.29, 0.717) is 18.0 Å². The predicted octanol–water partition coefficient (Wildman–Crippen LogP) is 3.55. The largest absolute Gasteiger partial charge is 0.497 e. The molecule has 0 aliphatic heterocycles. The molecule has 6 heteroatoms. The number of hydrogen-bond acceptors (Lipinski definition) is 4. The minimum Gasteiger partial charge on any atom is -0.497 e. The maximum absolute atomic E-state index is 13.1. The van der Waals surface area contributed by atoms with Crippen LogP contribution in [0.3, 0.4) is 0 Å². The third-order valence-corrected chi connectivity index (χ3v) is 5.12. The topological polar surface area (TPSA) is 67.9 Å². The number of carbonyl (C=O) groups is 2. The number of methoxy groups -OCH3 is 1. The molecule has 0 unspecified atom stereocenters. The van der Waals surface area contributed by atoms with Crippen molar-refractivity contribution in [3.63, 3.8) is 0 Å². The summed E-state index contributed by atoms with van der Waals surface area (Å²) in [6.07, 6.45) is 0. The van der Waals surface area contributed by atoms with Gasteiger partial charge in [0.05, 0.1) is 7.11 Å². The number of hydrogen-bond donors (Lipinski definition) is 1. The van der Waals surface area contributed by atoms with Crippen LogP contribution in [0.5, 0.6) is 11.5 Å². The van der Waals surface area contributed by atoms with Crippen LogP contribution in [0.4, 0.5) is 0 Å². The molecular formula is C24H32N2O4. The van der Waals surface area contributed by atoms with E-state index in [2.05, 4.69) is 11.4 Å². The van der Waals surface area contributed by atoms with Crippen molar-refractivity contribution < 1.29 is 19.1 Å². The monoisotopic (exact) mass is 412 g/mol. The first-order chi connectivity index (χ1) is 14.3. The van der Waals surface area contributed by atoms with Crippen molar-refractivity contribution in [3.05, 3.63) is 58.7 Å². The summed E-state index contributed by atoms with van der Waals surface area (Å²) in [6, 6.07) is 10.8. The Hall–Kier alpha value is -3.02. The van der Waals surface area contributed by atoms with Crippen LogP contribution in [0.1, 0.15) is 36.1 Å². The normalized spacial score (nSPS) is 11.5. The highest BCUT2D eigenvalue weighted by Gasteiger charge is 2.26. The number of aryl methyl sites for hydroxylation is 2. The van der Waals surface area contributed by atoms with Gasteiger partial charge in [0.1, 0.15) is 17.5 Å². The summed E-state index contributed by atoms with van der Waals surface area (Å²) in [7, 11) is 1.60. The van der Waals surface area contributed by atoms with Crippen LogP contribution in [-0.4, -0.2) is 43.0 Å². The lowest BCUT2D eigenvalue weighted by Gasteiger charge is -2.29. The van der Waals surface area contributed by atoms with E-state index in [-0.39, 0.29) is 25.0 Å². The predicted molar refractivity (Wildman–Crippen MR) is 118 cm³/mol. The molecule has 0 aliphatic carbocycles. The zero-order valence-corrected chi connectivity index (χ0v) is 18.7. The van der Waals surface area contributed by atoms with Gasteiger partial charge in [-0.3, -0.25) is 9.59 Å². The molecule has 0 saturated carbocycles. The number of carbonyl (C=O) groups excluding carboxylic acids is 2. The van der Waals surface area contributed by atoms with Crippen LogP contribution in [0.25, 0.3) is 0 Å². The lowest BCUT2D eigenvalue weighted by Crippen LogP contribution is -2.49. The zero-order valence-electron chi connectivity index (χ0n) is 18.7. The third kappa shape index (κ3) is 5.99. The minimum atomic E-state index is -0.632. The molecule has 6 nitrogen and oxygen atoms in total. The summed E-state index contributed by atoms with van der Waals surface area (Å²) in [5.74, 6) is 0.937. The molecule has 0 aromatic heterocycles. The van der Waals surface area contributed by atoms with E-state index in [1.54, 1.807) is 14.0 Å². The van der Waals surface area contributed by atoms with Crippen LogP contribution in [0.2, 0.25) is 0 Å². The number of amides is 2. The van der Waals surface area contributed by atoms with E-state index in [1.165, 1.54) is 4.90 Å². The highest BCUT2D eigenvalue weighted by atomic mass is 16.5. The van der Waals surface area contributed by atoms with Crippen LogP contribution < -0.4 is 14.8 Å². The average Bonchev–Trinajstić information content (AvgIpc) is 2.73. The van der Waals surface area contributed by atoms with Gasteiger partial charge in [0.15, 0.2) is 6.61 Å². The molecule has 0 aliphatic rings. The Kier molecular flexibility index (Phi) is 8.27. The standard InChI is InChI=1S/C24H32N2O4/c1-7-25-24(28)19(5)26(14-20-9-8-10-21(13-20)29-6)23(27)15-30-22-12-16(2)11-17(3)18(22)4/h8-13,19H,7,14-15H2,1-6H3,(H,25,28)/t19-/m0/s1. The lowest BCUT2D eigenvalue weighted by molar-refractivity contribution is -0.142. The summed E-state index contributed by atoms with van der Waals surface area (Å²) in [6.45, 7) is 10.2. The van der Waals surface area contributed by atoms with Crippen molar-refractivity contribution in [2.45, 2.75) is 47.2 Å². The van der Waals surface area contributed by atoms with Crippen molar-refractivity contribution in [2.24, 2.45) is 0 Å². The highest BCUT2D eigenvalue weighted by molar-refractivity contribution is 5.87. The Balaban J connectivity index is 2.22. The second-order valence-electron chi connectivity index (χ2n) is 7.44. The van der Waals surface area contributed by atoms with Crippen LogP contribution >= 0.6 is 0 Å². The molecule has 2 aromatic carbocycles. The van der Waals surface area contributed by atoms with E-state index in [0.717, 1.165) is 22.3 Å². The van der Waals surface area contributed by atoms with Gasteiger partial charge in [-0.25, -0.2) is 0 Å². The van der Waals surface area contributed by atoms with Gasteiger partial charge in [0, 0.05) is 13.1 Å². The quantitative estimate of drug-likeness (QED) is 0.684. The van der Waals surface area contributed by atoms with Crippen LogP contribution in [-0.2, 0) is 16.1 Å². The molecule has 1 atom stereocenters. The Labute approximate surface area is 179 Å². The first-order valence-electron chi connectivity index (χ1n) is 10.2. The number of nitrogens with one attached hydrogen (secondary N) is 1. The van der Waals surface area contributed by atoms with Gasteiger partial charge in [0.25, 0.3) is 5.91 Å². The Morgan fingerprint density at radius 1 is 1.13 bits per heavy atom. The van der Waals surface area contributed by atoms with Gasteiger partial charge in [0.2, 0.25) is 5.91 Å². The summed E-state index contributed by atoms with van der Waals surface area (Å²) < 4.78 is 11.1. The Bertz CT molecular complexity index is 895. The van der Waals surface area contributed by atoms with Gasteiger partial charge in [-0.15, -0.1) is 0 Å². The SMILES string of the molecule is CCNC(=O)[C@H](C)N(Cc1cccc(OC)c1)C(=O)COc1cc(C)cc(C)c1C. The average molecular weight is 413 g/mol. The van der Waals surface area contributed by atoms with Gasteiger partial charge in [-0.1, -0.05) is 18.2 Å². The number of nitrogens with zero attached hydrogens (tertiary/aromatic N) is 1. The van der Waals surface area contributed by atoms with Gasteiger partial charge in [-0.05, 0) is 75.1 Å². The molecule has 0 heterocycles. The van der Waals surface area contributed by atoms with E-state index in [4.69, 9.17) is 9.47 Å². The fourth-order valence-corrected chi connectivity index (χ4v) is 3.25. The Morgan fingerprint density at radius 3 is 2.53 bits per heavy atom. The first kappa shape index (κ1) is 23.3. The van der Waals surface area contributed by atoms with E-state index in [9.17, 15) is 9.59 Å². The van der Waals surface area contributed by atoms with E-state index in [1.807, 2.05) is 58.0 Å². The van der Waals surface area contributed by atoms with Crippen molar-refractivity contribution >= 4 is 11.8 Å². The summed E-state index contributed by atoms with van der Waals surface area (Å²) in [4.78, 5) is 27.1. The fraction of sp³-hybridized carbons (Fsp3) is 0.417. The molecule has 2 amide bonds. The Morgan fingerprint density at radius 2 is 1.87 bits per heavy atom. The second-order valence-corrected chi connectivity index (χ2v) is 7.44. The molecule has 2 aromatic rings. The van der Waals surface area contributed by atoms with Crippen molar-refractivity contribution in [1.82, 2.24) is 10.2 Å². The maximum Gasteiger partial charge on any atom is 0.261 e. The van der Waals surface area contributed by atoms with E-state index < -0.39 is 6.04 Å². The number of ether oxygens (including phenoxy) is 2. The molecule has 0 saturated heterocycles. The van der Waals surface area contributed by atoms with Gasteiger partial charge >= 0.3 is 0 Å². The van der Waals surface area contributed by atoms with Crippen molar-refractivity contribution in [1.29, 1.82) is 0 Å². The molecule has 162 valence electrons. The number of likely N-dealkylation sites (N-methyl/N-ethyl adjacent to an activating group) is 1. The fourth-order valence-electron chi connectivity index (χ4n) is 3.25. The zero-order chi connectivity index (χ0) is 22.3. The lowest BCUT2D eigenvalue weighted by atomic mass is 10.1. The van der Waals surface area contributed by atoms with Crippen molar-refractivity contribution in [3.8, 4) is 11.5 Å². The molecule has 0 fully saturated rings. The van der Waals surface area contributed by atoms with E-state index >= 15 is 0 Å². The maximum atomic E-state index is 13.1. The summed E-state index contributed by atoms with van der Waals surface area (Å²) >= 11 is 0. The molecule has 0 radical (unpaired) electrons.